The number of nitrogens with one attached hydrogen (secondary N) is 1. The van der Waals surface area contributed by atoms with Crippen LogP contribution in [0.25, 0.3) is 0 Å². The van der Waals surface area contributed by atoms with Gasteiger partial charge < -0.3 is 11.1 Å². The smallest absolute Gasteiger partial charge is 0.234 e. The zero-order valence-electron chi connectivity index (χ0n) is 10.9. The Morgan fingerprint density at radius 2 is 2.28 bits per heavy atom. The lowest BCUT2D eigenvalue weighted by Crippen LogP contribution is -2.44. The molecule has 0 aromatic heterocycles. The van der Waals surface area contributed by atoms with E-state index in [4.69, 9.17) is 5.73 Å². The Hall–Kier alpha value is -1.39. The molecule has 98 valence electrons. The molecular weight excluding hydrogens is 226 g/mol. The van der Waals surface area contributed by atoms with E-state index in [-0.39, 0.29) is 11.9 Å². The standard InChI is InChI=1S/C14H21N3O/c1-2-16-14(18)10-17-8-7-11-5-3-4-6-12(11)13(17)9-15/h3-6,13H,2,7-10,15H2,1H3,(H,16,18). The van der Waals surface area contributed by atoms with Crippen molar-refractivity contribution < 1.29 is 4.79 Å². The van der Waals surface area contributed by atoms with Gasteiger partial charge in [-0.25, -0.2) is 0 Å². The third kappa shape index (κ3) is 2.71. The fraction of sp³-hybridized carbons (Fsp3) is 0.500. The van der Waals surface area contributed by atoms with Gasteiger partial charge in [0.2, 0.25) is 5.91 Å². The molecule has 0 fully saturated rings. The van der Waals surface area contributed by atoms with Crippen molar-refractivity contribution in [2.75, 3.05) is 26.2 Å². The van der Waals surface area contributed by atoms with Crippen LogP contribution in [0.3, 0.4) is 0 Å². The first kappa shape index (κ1) is 13.1. The molecule has 4 nitrogen and oxygen atoms in total. The van der Waals surface area contributed by atoms with E-state index in [1.807, 2.05) is 13.0 Å². The van der Waals surface area contributed by atoms with E-state index in [2.05, 4.69) is 28.4 Å². The second-order valence-electron chi connectivity index (χ2n) is 4.62. The predicted molar refractivity (Wildman–Crippen MR) is 72.2 cm³/mol. The van der Waals surface area contributed by atoms with Gasteiger partial charge in [-0.2, -0.15) is 0 Å². The highest BCUT2D eigenvalue weighted by Gasteiger charge is 2.26. The summed E-state index contributed by atoms with van der Waals surface area (Å²) in [6.07, 6.45) is 0.992. The van der Waals surface area contributed by atoms with Crippen LogP contribution < -0.4 is 11.1 Å². The molecule has 1 heterocycles. The number of fused-ring (bicyclic) bond motifs is 1. The number of benzene rings is 1. The fourth-order valence-electron chi connectivity index (χ4n) is 2.61. The van der Waals surface area contributed by atoms with Gasteiger partial charge in [0.1, 0.15) is 0 Å². The molecule has 0 aliphatic carbocycles. The summed E-state index contributed by atoms with van der Waals surface area (Å²) in [4.78, 5) is 13.9. The maximum atomic E-state index is 11.7. The summed E-state index contributed by atoms with van der Waals surface area (Å²) in [5.41, 5.74) is 8.52. The lowest BCUT2D eigenvalue weighted by molar-refractivity contribution is -0.122. The summed E-state index contributed by atoms with van der Waals surface area (Å²) in [7, 11) is 0. The number of carbonyl (C=O) groups is 1. The van der Waals surface area contributed by atoms with E-state index in [9.17, 15) is 4.79 Å². The SMILES string of the molecule is CCNC(=O)CN1CCc2ccccc2C1CN. The highest BCUT2D eigenvalue weighted by Crippen LogP contribution is 2.28. The first-order valence-electron chi connectivity index (χ1n) is 6.55. The first-order valence-corrected chi connectivity index (χ1v) is 6.55. The number of likely N-dealkylation sites (N-methyl/N-ethyl adjacent to an activating group) is 1. The second kappa shape index (κ2) is 5.98. The minimum Gasteiger partial charge on any atom is -0.355 e. The molecule has 1 aromatic rings. The van der Waals surface area contributed by atoms with E-state index in [0.29, 0.717) is 19.6 Å². The average molecular weight is 247 g/mol. The molecule has 0 radical (unpaired) electrons. The van der Waals surface area contributed by atoms with Crippen LogP contribution in [0.2, 0.25) is 0 Å². The van der Waals surface area contributed by atoms with Crippen LogP contribution in [0.1, 0.15) is 24.1 Å². The number of hydrogen-bond donors (Lipinski definition) is 2. The van der Waals surface area contributed by atoms with Crippen LogP contribution in [-0.2, 0) is 11.2 Å². The molecule has 0 spiro atoms. The van der Waals surface area contributed by atoms with Crippen molar-refractivity contribution in [1.29, 1.82) is 0 Å². The van der Waals surface area contributed by atoms with Crippen LogP contribution in [-0.4, -0.2) is 37.0 Å². The Kier molecular flexibility index (Phi) is 4.33. The van der Waals surface area contributed by atoms with Crippen molar-refractivity contribution in [3.63, 3.8) is 0 Å². The van der Waals surface area contributed by atoms with Gasteiger partial charge in [0.25, 0.3) is 0 Å². The highest BCUT2D eigenvalue weighted by atomic mass is 16.2. The van der Waals surface area contributed by atoms with Gasteiger partial charge in [-0.15, -0.1) is 0 Å². The number of nitrogens with zero attached hydrogens (tertiary/aromatic N) is 1. The van der Waals surface area contributed by atoms with Crippen molar-refractivity contribution in [1.82, 2.24) is 10.2 Å². The van der Waals surface area contributed by atoms with Crippen molar-refractivity contribution >= 4 is 5.91 Å². The minimum absolute atomic E-state index is 0.0790. The van der Waals surface area contributed by atoms with Gasteiger partial charge in [0.15, 0.2) is 0 Å². The van der Waals surface area contributed by atoms with Crippen molar-refractivity contribution in [3.05, 3.63) is 35.4 Å². The maximum Gasteiger partial charge on any atom is 0.234 e. The third-order valence-electron chi connectivity index (χ3n) is 3.47. The van der Waals surface area contributed by atoms with Crippen molar-refractivity contribution in [2.45, 2.75) is 19.4 Å². The normalized spacial score (nSPS) is 19.3. The number of hydrogen-bond acceptors (Lipinski definition) is 3. The molecule has 1 unspecified atom stereocenters. The average Bonchev–Trinajstić information content (AvgIpc) is 2.38. The van der Waals surface area contributed by atoms with Gasteiger partial charge >= 0.3 is 0 Å². The van der Waals surface area contributed by atoms with Crippen LogP contribution in [0.5, 0.6) is 0 Å². The topological polar surface area (TPSA) is 58.4 Å². The van der Waals surface area contributed by atoms with Crippen LogP contribution >= 0.6 is 0 Å². The first-order chi connectivity index (χ1) is 8.76. The Bertz CT molecular complexity index is 419. The Balaban J connectivity index is 2.13. The van der Waals surface area contributed by atoms with E-state index in [1.54, 1.807) is 0 Å². The Morgan fingerprint density at radius 1 is 1.50 bits per heavy atom. The molecule has 3 N–H and O–H groups in total. The largest absolute Gasteiger partial charge is 0.355 e. The van der Waals surface area contributed by atoms with Crippen LogP contribution in [0, 0.1) is 0 Å². The summed E-state index contributed by atoms with van der Waals surface area (Å²) in [6, 6.07) is 8.54. The van der Waals surface area contributed by atoms with Gasteiger partial charge in [-0.1, -0.05) is 24.3 Å². The summed E-state index contributed by atoms with van der Waals surface area (Å²) >= 11 is 0. The maximum absolute atomic E-state index is 11.7. The van der Waals surface area contributed by atoms with Gasteiger partial charge in [-0.05, 0) is 24.5 Å². The quantitative estimate of drug-likeness (QED) is 0.822. The number of nitrogens with two attached hydrogens (primary N) is 1. The van der Waals surface area contributed by atoms with Gasteiger partial charge in [0.05, 0.1) is 6.54 Å². The third-order valence-corrected chi connectivity index (χ3v) is 3.47. The zero-order valence-corrected chi connectivity index (χ0v) is 10.9. The molecule has 1 aromatic carbocycles. The van der Waals surface area contributed by atoms with E-state index in [0.717, 1.165) is 13.0 Å². The molecule has 18 heavy (non-hydrogen) atoms. The van der Waals surface area contributed by atoms with Gasteiger partial charge in [0, 0.05) is 25.7 Å². The summed E-state index contributed by atoms with van der Waals surface area (Å²) in [6.45, 7) is 4.50. The summed E-state index contributed by atoms with van der Waals surface area (Å²) in [5, 5.41) is 2.84. The summed E-state index contributed by atoms with van der Waals surface area (Å²) in [5.74, 6) is 0.0790. The fourth-order valence-corrected chi connectivity index (χ4v) is 2.61. The van der Waals surface area contributed by atoms with Crippen molar-refractivity contribution in [2.24, 2.45) is 5.73 Å². The molecule has 0 bridgehead atoms. The highest BCUT2D eigenvalue weighted by molar-refractivity contribution is 5.78. The Labute approximate surface area is 108 Å². The van der Waals surface area contributed by atoms with E-state index >= 15 is 0 Å². The molecule has 1 amide bonds. The monoisotopic (exact) mass is 247 g/mol. The number of carbonyl (C=O) groups excluding carboxylic acids is 1. The zero-order chi connectivity index (χ0) is 13.0. The van der Waals surface area contributed by atoms with Crippen LogP contribution in [0.15, 0.2) is 24.3 Å². The van der Waals surface area contributed by atoms with E-state index in [1.165, 1.54) is 11.1 Å². The van der Waals surface area contributed by atoms with Gasteiger partial charge in [-0.3, -0.25) is 9.69 Å². The predicted octanol–water partition coefficient (Wildman–Crippen LogP) is 0.681. The number of rotatable bonds is 4. The molecule has 1 atom stereocenters. The lowest BCUT2D eigenvalue weighted by atomic mass is 9.92. The molecule has 1 aliphatic heterocycles. The molecule has 0 saturated heterocycles. The Morgan fingerprint density at radius 3 is 3.00 bits per heavy atom. The molecule has 4 heteroatoms. The molecular formula is C14H21N3O. The number of amides is 1. The lowest BCUT2D eigenvalue weighted by Gasteiger charge is -2.36. The summed E-state index contributed by atoms with van der Waals surface area (Å²) < 4.78 is 0. The van der Waals surface area contributed by atoms with Crippen LogP contribution in [0.4, 0.5) is 0 Å². The van der Waals surface area contributed by atoms with Crippen molar-refractivity contribution in [3.8, 4) is 0 Å². The molecule has 1 aliphatic rings. The minimum atomic E-state index is 0.0790. The van der Waals surface area contributed by atoms with E-state index < -0.39 is 0 Å². The molecule has 0 saturated carbocycles. The molecule has 2 rings (SSSR count). The second-order valence-corrected chi connectivity index (χ2v) is 4.62.